The van der Waals surface area contributed by atoms with Gasteiger partial charge >= 0.3 is 0 Å². The number of amides is 1. The van der Waals surface area contributed by atoms with Crippen LogP contribution in [0, 0.1) is 5.92 Å². The highest BCUT2D eigenvalue weighted by atomic mass is 16.3. The minimum Gasteiger partial charge on any atom is -0.393 e. The van der Waals surface area contributed by atoms with Crippen LogP contribution in [-0.2, 0) is 4.79 Å². The van der Waals surface area contributed by atoms with Crippen molar-refractivity contribution in [1.82, 2.24) is 4.90 Å². The third-order valence-corrected chi connectivity index (χ3v) is 2.24. The molecular weight excluding hydrogens is 178 g/mol. The molecule has 0 saturated heterocycles. The van der Waals surface area contributed by atoms with Crippen molar-refractivity contribution in [3.8, 4) is 0 Å². The number of nitrogens with zero attached hydrogens (tertiary/aromatic N) is 1. The Kier molecular flexibility index (Phi) is 6.54. The van der Waals surface area contributed by atoms with Crippen molar-refractivity contribution >= 4 is 5.91 Å². The zero-order valence-electron chi connectivity index (χ0n) is 9.79. The smallest absolute Gasteiger partial charge is 0.222 e. The molecule has 1 amide bonds. The standard InChI is InChI=1S/C11H23NO2/c1-9(2)5-6-11(14)12(4)8-7-10(3)13/h9-10,13H,5-8H2,1-4H3. The second-order valence-electron chi connectivity index (χ2n) is 4.39. The largest absolute Gasteiger partial charge is 0.393 e. The molecule has 0 saturated carbocycles. The van der Waals surface area contributed by atoms with E-state index in [1.165, 1.54) is 0 Å². The second kappa shape index (κ2) is 6.82. The van der Waals surface area contributed by atoms with Crippen LogP contribution >= 0.6 is 0 Å². The molecular formula is C11H23NO2. The Bertz CT molecular complexity index is 167. The Morgan fingerprint density at radius 1 is 1.29 bits per heavy atom. The predicted octanol–water partition coefficient (Wildman–Crippen LogP) is 1.65. The molecule has 1 N–H and O–H groups in total. The molecule has 1 atom stereocenters. The van der Waals surface area contributed by atoms with Crippen LogP contribution in [0.15, 0.2) is 0 Å². The van der Waals surface area contributed by atoms with Gasteiger partial charge in [-0.2, -0.15) is 0 Å². The maximum atomic E-state index is 11.5. The maximum Gasteiger partial charge on any atom is 0.222 e. The minimum atomic E-state index is -0.324. The van der Waals surface area contributed by atoms with Crippen LogP contribution in [0.3, 0.4) is 0 Å². The fourth-order valence-corrected chi connectivity index (χ4v) is 1.11. The summed E-state index contributed by atoms with van der Waals surface area (Å²) >= 11 is 0. The Balaban J connectivity index is 3.65. The minimum absolute atomic E-state index is 0.180. The van der Waals surface area contributed by atoms with E-state index in [1.807, 2.05) is 0 Å². The summed E-state index contributed by atoms with van der Waals surface area (Å²) in [5.74, 6) is 0.753. The van der Waals surface area contributed by atoms with Gasteiger partial charge in [0, 0.05) is 20.0 Å². The zero-order chi connectivity index (χ0) is 11.1. The molecule has 0 bridgehead atoms. The first-order valence-electron chi connectivity index (χ1n) is 5.35. The van der Waals surface area contributed by atoms with Gasteiger partial charge in [-0.05, 0) is 25.7 Å². The van der Waals surface area contributed by atoms with E-state index in [2.05, 4.69) is 13.8 Å². The third-order valence-electron chi connectivity index (χ3n) is 2.24. The number of aliphatic hydroxyl groups is 1. The SMILES string of the molecule is CC(C)CCC(=O)N(C)CCC(C)O. The first-order valence-corrected chi connectivity index (χ1v) is 5.35. The number of carbonyl (C=O) groups is 1. The lowest BCUT2D eigenvalue weighted by atomic mass is 10.1. The second-order valence-corrected chi connectivity index (χ2v) is 4.39. The fourth-order valence-electron chi connectivity index (χ4n) is 1.11. The Labute approximate surface area is 87.1 Å². The highest BCUT2D eigenvalue weighted by Gasteiger charge is 2.09. The molecule has 0 heterocycles. The van der Waals surface area contributed by atoms with E-state index in [4.69, 9.17) is 5.11 Å². The van der Waals surface area contributed by atoms with Gasteiger partial charge in [0.15, 0.2) is 0 Å². The molecule has 0 aliphatic carbocycles. The van der Waals surface area contributed by atoms with E-state index in [-0.39, 0.29) is 12.0 Å². The molecule has 0 radical (unpaired) electrons. The zero-order valence-corrected chi connectivity index (χ0v) is 9.79. The van der Waals surface area contributed by atoms with Gasteiger partial charge in [-0.1, -0.05) is 13.8 Å². The summed E-state index contributed by atoms with van der Waals surface area (Å²) in [4.78, 5) is 13.2. The Morgan fingerprint density at radius 3 is 2.29 bits per heavy atom. The number of aliphatic hydroxyl groups excluding tert-OH is 1. The summed E-state index contributed by atoms with van der Waals surface area (Å²) in [7, 11) is 1.80. The summed E-state index contributed by atoms with van der Waals surface area (Å²) in [6.07, 6.45) is 1.89. The van der Waals surface area contributed by atoms with Gasteiger partial charge in [0.05, 0.1) is 6.10 Å². The monoisotopic (exact) mass is 201 g/mol. The van der Waals surface area contributed by atoms with E-state index in [9.17, 15) is 4.79 Å². The fraction of sp³-hybridized carbons (Fsp3) is 0.909. The molecule has 3 heteroatoms. The molecule has 3 nitrogen and oxygen atoms in total. The molecule has 0 aromatic rings. The van der Waals surface area contributed by atoms with Gasteiger partial charge < -0.3 is 10.0 Å². The van der Waals surface area contributed by atoms with Crippen LogP contribution in [0.5, 0.6) is 0 Å². The molecule has 0 aromatic heterocycles. The first-order chi connectivity index (χ1) is 6.43. The Morgan fingerprint density at radius 2 is 1.86 bits per heavy atom. The normalized spacial score (nSPS) is 13.0. The van der Waals surface area contributed by atoms with E-state index >= 15 is 0 Å². The van der Waals surface area contributed by atoms with Crippen molar-refractivity contribution in [3.63, 3.8) is 0 Å². The summed E-state index contributed by atoms with van der Waals surface area (Å²) in [6.45, 7) is 6.62. The highest BCUT2D eigenvalue weighted by Crippen LogP contribution is 2.06. The lowest BCUT2D eigenvalue weighted by Gasteiger charge is -2.18. The quantitative estimate of drug-likeness (QED) is 0.710. The van der Waals surface area contributed by atoms with Crippen LogP contribution in [0.4, 0.5) is 0 Å². The van der Waals surface area contributed by atoms with E-state index in [0.717, 1.165) is 6.42 Å². The molecule has 14 heavy (non-hydrogen) atoms. The van der Waals surface area contributed by atoms with Gasteiger partial charge in [0.1, 0.15) is 0 Å². The topological polar surface area (TPSA) is 40.5 Å². The summed E-state index contributed by atoms with van der Waals surface area (Å²) in [6, 6.07) is 0. The number of hydrogen-bond donors (Lipinski definition) is 1. The Hall–Kier alpha value is -0.570. The van der Waals surface area contributed by atoms with Gasteiger partial charge in [0.25, 0.3) is 0 Å². The van der Waals surface area contributed by atoms with Gasteiger partial charge in [0.2, 0.25) is 5.91 Å². The lowest BCUT2D eigenvalue weighted by molar-refractivity contribution is -0.130. The van der Waals surface area contributed by atoms with Crippen LogP contribution in [0.2, 0.25) is 0 Å². The van der Waals surface area contributed by atoms with Crippen molar-refractivity contribution in [2.24, 2.45) is 5.92 Å². The average molecular weight is 201 g/mol. The van der Waals surface area contributed by atoms with Crippen LogP contribution in [-0.4, -0.2) is 35.6 Å². The lowest BCUT2D eigenvalue weighted by Crippen LogP contribution is -2.29. The predicted molar refractivity (Wildman–Crippen MR) is 58.0 cm³/mol. The van der Waals surface area contributed by atoms with Crippen molar-refractivity contribution < 1.29 is 9.90 Å². The summed E-state index contributed by atoms with van der Waals surface area (Å²) in [5.41, 5.74) is 0. The van der Waals surface area contributed by atoms with Crippen LogP contribution < -0.4 is 0 Å². The molecule has 0 aliphatic heterocycles. The number of rotatable bonds is 6. The molecule has 0 aromatic carbocycles. The highest BCUT2D eigenvalue weighted by molar-refractivity contribution is 5.75. The van der Waals surface area contributed by atoms with Crippen molar-refractivity contribution in [2.45, 2.75) is 46.1 Å². The third kappa shape index (κ3) is 6.89. The molecule has 0 aliphatic rings. The molecule has 0 fully saturated rings. The molecule has 84 valence electrons. The van der Waals surface area contributed by atoms with Gasteiger partial charge in [-0.3, -0.25) is 4.79 Å². The summed E-state index contributed by atoms with van der Waals surface area (Å²) in [5, 5.41) is 9.06. The van der Waals surface area contributed by atoms with Gasteiger partial charge in [-0.25, -0.2) is 0 Å². The molecule has 0 rings (SSSR count). The van der Waals surface area contributed by atoms with Gasteiger partial charge in [-0.15, -0.1) is 0 Å². The van der Waals surface area contributed by atoms with Crippen LogP contribution in [0.1, 0.15) is 40.0 Å². The van der Waals surface area contributed by atoms with Crippen molar-refractivity contribution in [3.05, 3.63) is 0 Å². The van der Waals surface area contributed by atoms with E-state index in [0.29, 0.717) is 25.3 Å². The number of hydrogen-bond acceptors (Lipinski definition) is 2. The first kappa shape index (κ1) is 13.4. The van der Waals surface area contributed by atoms with E-state index in [1.54, 1.807) is 18.9 Å². The average Bonchev–Trinajstić information content (AvgIpc) is 2.09. The molecule has 1 unspecified atom stereocenters. The van der Waals surface area contributed by atoms with Crippen molar-refractivity contribution in [2.75, 3.05) is 13.6 Å². The van der Waals surface area contributed by atoms with Crippen molar-refractivity contribution in [1.29, 1.82) is 0 Å². The summed E-state index contributed by atoms with van der Waals surface area (Å²) < 4.78 is 0. The maximum absolute atomic E-state index is 11.5. The number of carbonyl (C=O) groups excluding carboxylic acids is 1. The van der Waals surface area contributed by atoms with E-state index < -0.39 is 0 Å². The van der Waals surface area contributed by atoms with Crippen LogP contribution in [0.25, 0.3) is 0 Å². The molecule has 0 spiro atoms.